The molecule has 1 aromatic heterocycles. The van der Waals surface area contributed by atoms with Crippen molar-refractivity contribution >= 4 is 35.2 Å². The van der Waals surface area contributed by atoms with Crippen molar-refractivity contribution in [3.8, 4) is 11.5 Å². The Bertz CT molecular complexity index is 1100. The van der Waals surface area contributed by atoms with Crippen molar-refractivity contribution < 1.29 is 14.0 Å². The first-order chi connectivity index (χ1) is 16.5. The van der Waals surface area contributed by atoms with Crippen LogP contribution in [0.4, 0.5) is 0 Å². The van der Waals surface area contributed by atoms with Gasteiger partial charge in [0, 0.05) is 41.8 Å². The highest BCUT2D eigenvalue weighted by Crippen LogP contribution is 2.26. The summed E-state index contributed by atoms with van der Waals surface area (Å²) in [6.45, 7) is 4.05. The lowest BCUT2D eigenvalue weighted by molar-refractivity contribution is -0.131. The molecule has 0 N–H and O–H groups in total. The van der Waals surface area contributed by atoms with Gasteiger partial charge in [0.25, 0.3) is 11.1 Å². The van der Waals surface area contributed by atoms with Crippen LogP contribution in [0.25, 0.3) is 11.5 Å². The molecule has 34 heavy (non-hydrogen) atoms. The molecule has 2 aromatic carbocycles. The summed E-state index contributed by atoms with van der Waals surface area (Å²) in [5.41, 5.74) is 1.48. The highest BCUT2D eigenvalue weighted by Gasteiger charge is 2.29. The first kappa shape index (κ1) is 24.3. The van der Waals surface area contributed by atoms with Gasteiger partial charge in [-0.1, -0.05) is 48.5 Å². The van der Waals surface area contributed by atoms with E-state index in [1.807, 2.05) is 52.3 Å². The standard InChI is InChI=1S/C25H27ClN4O3S/c1-2-14-30(21-12-15-29(16-13-21)24(32)19-6-4-3-5-7-19)22(31)17-34-25-28-27-23(33-25)18-8-10-20(26)11-9-18/h3-11,21H,2,12-17H2,1H3. The summed E-state index contributed by atoms with van der Waals surface area (Å²) in [5, 5.41) is 9.13. The first-order valence-corrected chi connectivity index (χ1v) is 12.8. The Balaban J connectivity index is 1.31. The lowest BCUT2D eigenvalue weighted by atomic mass is 10.0. The molecular formula is C25H27ClN4O3S. The van der Waals surface area contributed by atoms with Gasteiger partial charge in [-0.2, -0.15) is 0 Å². The van der Waals surface area contributed by atoms with E-state index in [-0.39, 0.29) is 23.6 Å². The minimum absolute atomic E-state index is 0.0472. The Morgan fingerprint density at radius 3 is 2.47 bits per heavy atom. The third kappa shape index (κ3) is 5.98. The molecule has 0 bridgehead atoms. The van der Waals surface area contributed by atoms with E-state index < -0.39 is 0 Å². The van der Waals surface area contributed by atoms with Gasteiger partial charge in [0.2, 0.25) is 11.8 Å². The molecule has 0 radical (unpaired) electrons. The highest BCUT2D eigenvalue weighted by atomic mass is 35.5. The van der Waals surface area contributed by atoms with Crippen LogP contribution in [0.15, 0.2) is 64.2 Å². The number of likely N-dealkylation sites (tertiary alicyclic amines) is 1. The fourth-order valence-corrected chi connectivity index (χ4v) is 4.85. The second-order valence-electron chi connectivity index (χ2n) is 8.15. The molecule has 1 aliphatic rings. The molecule has 1 saturated heterocycles. The fraction of sp³-hybridized carbons (Fsp3) is 0.360. The van der Waals surface area contributed by atoms with Crippen LogP contribution in [0, 0.1) is 0 Å². The van der Waals surface area contributed by atoms with Crippen LogP contribution in [-0.4, -0.2) is 63.2 Å². The van der Waals surface area contributed by atoms with Gasteiger partial charge >= 0.3 is 0 Å². The van der Waals surface area contributed by atoms with Crippen molar-refractivity contribution in [3.05, 3.63) is 65.2 Å². The van der Waals surface area contributed by atoms with Gasteiger partial charge in [-0.25, -0.2) is 0 Å². The fourth-order valence-electron chi connectivity index (χ4n) is 4.08. The average Bonchev–Trinajstić information content (AvgIpc) is 3.35. The maximum absolute atomic E-state index is 13.1. The molecule has 7 nitrogen and oxygen atoms in total. The molecule has 9 heteroatoms. The predicted molar refractivity (Wildman–Crippen MR) is 133 cm³/mol. The van der Waals surface area contributed by atoms with Crippen molar-refractivity contribution in [2.45, 2.75) is 37.5 Å². The second kappa shape index (κ2) is 11.5. The van der Waals surface area contributed by atoms with Crippen LogP contribution < -0.4 is 0 Å². The monoisotopic (exact) mass is 498 g/mol. The molecule has 0 atom stereocenters. The SMILES string of the molecule is CCCN(C(=O)CSc1nnc(-c2ccc(Cl)cc2)o1)C1CCN(C(=O)c2ccccc2)CC1. The number of carbonyl (C=O) groups excluding carboxylic acids is 2. The number of aromatic nitrogens is 2. The maximum Gasteiger partial charge on any atom is 0.277 e. The third-order valence-corrected chi connectivity index (χ3v) is 6.87. The van der Waals surface area contributed by atoms with Crippen molar-refractivity contribution in [2.24, 2.45) is 0 Å². The zero-order valence-corrected chi connectivity index (χ0v) is 20.6. The summed E-state index contributed by atoms with van der Waals surface area (Å²) in [5.74, 6) is 0.722. The number of carbonyl (C=O) groups is 2. The Morgan fingerprint density at radius 1 is 1.09 bits per heavy atom. The van der Waals surface area contributed by atoms with Crippen LogP contribution in [0.2, 0.25) is 5.02 Å². The van der Waals surface area contributed by atoms with Crippen LogP contribution in [0.5, 0.6) is 0 Å². The smallest absolute Gasteiger partial charge is 0.277 e. The number of benzene rings is 2. The topological polar surface area (TPSA) is 79.5 Å². The first-order valence-electron chi connectivity index (χ1n) is 11.4. The molecule has 2 heterocycles. The Kier molecular flexibility index (Phi) is 8.24. The minimum atomic E-state index is 0.0472. The van der Waals surface area contributed by atoms with Crippen molar-refractivity contribution in [1.29, 1.82) is 0 Å². The minimum Gasteiger partial charge on any atom is -0.411 e. The summed E-state index contributed by atoms with van der Waals surface area (Å²) >= 11 is 7.17. The normalized spacial score (nSPS) is 14.2. The molecule has 1 aliphatic heterocycles. The van der Waals surface area contributed by atoms with E-state index >= 15 is 0 Å². The van der Waals surface area contributed by atoms with E-state index in [1.165, 1.54) is 11.8 Å². The lowest BCUT2D eigenvalue weighted by Crippen LogP contribution is -2.49. The summed E-state index contributed by atoms with van der Waals surface area (Å²) in [6, 6.07) is 16.6. The lowest BCUT2D eigenvalue weighted by Gasteiger charge is -2.38. The van der Waals surface area contributed by atoms with Crippen molar-refractivity contribution in [3.63, 3.8) is 0 Å². The number of hydrogen-bond acceptors (Lipinski definition) is 6. The molecule has 0 aliphatic carbocycles. The van der Waals surface area contributed by atoms with E-state index in [4.69, 9.17) is 16.0 Å². The Labute approximate surface area is 208 Å². The highest BCUT2D eigenvalue weighted by molar-refractivity contribution is 7.99. The van der Waals surface area contributed by atoms with Gasteiger partial charge in [0.05, 0.1) is 5.75 Å². The van der Waals surface area contributed by atoms with Crippen molar-refractivity contribution in [1.82, 2.24) is 20.0 Å². The van der Waals surface area contributed by atoms with E-state index in [9.17, 15) is 9.59 Å². The van der Waals surface area contributed by atoms with Gasteiger partial charge in [0.15, 0.2) is 0 Å². The summed E-state index contributed by atoms with van der Waals surface area (Å²) in [7, 11) is 0. The molecule has 0 spiro atoms. The molecule has 0 unspecified atom stereocenters. The van der Waals surface area contributed by atoms with E-state index in [0.29, 0.717) is 41.3 Å². The third-order valence-electron chi connectivity index (χ3n) is 5.81. The Hall–Kier alpha value is -2.84. The van der Waals surface area contributed by atoms with Gasteiger partial charge in [-0.3, -0.25) is 9.59 Å². The molecule has 0 saturated carbocycles. The number of thioether (sulfide) groups is 1. The molecule has 2 amide bonds. The largest absolute Gasteiger partial charge is 0.411 e. The van der Waals surface area contributed by atoms with Crippen molar-refractivity contribution in [2.75, 3.05) is 25.4 Å². The summed E-state index contributed by atoms with van der Waals surface area (Å²) in [6.07, 6.45) is 2.42. The van der Waals surface area contributed by atoms with E-state index in [1.54, 1.807) is 12.1 Å². The number of amides is 2. The molecule has 1 fully saturated rings. The average molecular weight is 499 g/mol. The van der Waals surface area contributed by atoms with Crippen LogP contribution >= 0.6 is 23.4 Å². The molecular weight excluding hydrogens is 472 g/mol. The molecule has 3 aromatic rings. The van der Waals surface area contributed by atoms with Gasteiger partial charge in [-0.15, -0.1) is 10.2 Å². The number of piperidine rings is 1. The number of halogens is 1. The summed E-state index contributed by atoms with van der Waals surface area (Å²) in [4.78, 5) is 29.6. The van der Waals surface area contributed by atoms with Gasteiger partial charge in [0.1, 0.15) is 0 Å². The number of nitrogens with zero attached hydrogens (tertiary/aromatic N) is 4. The molecule has 178 valence electrons. The maximum atomic E-state index is 13.1. The Morgan fingerprint density at radius 2 is 1.79 bits per heavy atom. The van der Waals surface area contributed by atoms with Crippen LogP contribution in [0.1, 0.15) is 36.5 Å². The van der Waals surface area contributed by atoms with E-state index in [0.717, 1.165) is 24.8 Å². The van der Waals surface area contributed by atoms with Crippen LogP contribution in [-0.2, 0) is 4.79 Å². The predicted octanol–water partition coefficient (Wildman–Crippen LogP) is 5.03. The van der Waals surface area contributed by atoms with Gasteiger partial charge < -0.3 is 14.2 Å². The summed E-state index contributed by atoms with van der Waals surface area (Å²) < 4.78 is 5.71. The molecule has 4 rings (SSSR count). The van der Waals surface area contributed by atoms with Crippen LogP contribution in [0.3, 0.4) is 0 Å². The van der Waals surface area contributed by atoms with E-state index in [2.05, 4.69) is 17.1 Å². The zero-order chi connectivity index (χ0) is 23.9. The number of hydrogen-bond donors (Lipinski definition) is 0. The zero-order valence-electron chi connectivity index (χ0n) is 19.0. The number of rotatable bonds is 8. The quantitative estimate of drug-likeness (QED) is 0.405. The second-order valence-corrected chi connectivity index (χ2v) is 9.51. The van der Waals surface area contributed by atoms with Gasteiger partial charge in [-0.05, 0) is 55.7 Å².